The number of amides is 11. The van der Waals surface area contributed by atoms with Crippen molar-refractivity contribution in [2.75, 3.05) is 31.7 Å². The fourth-order valence-electron chi connectivity index (χ4n) is 11.5. The summed E-state index contributed by atoms with van der Waals surface area (Å²) in [4.78, 5) is 193. The highest BCUT2D eigenvalue weighted by molar-refractivity contribution is 7.98. The smallest absolute Gasteiger partial charge is 0.326 e. The monoisotopic (exact) mass is 1490 g/mol. The predicted molar refractivity (Wildman–Crippen MR) is 389 cm³/mol. The van der Waals surface area contributed by atoms with E-state index in [1.807, 2.05) is 13.8 Å². The second kappa shape index (κ2) is 44.0. The summed E-state index contributed by atoms with van der Waals surface area (Å²) in [6, 6.07) is -2.72. The molecule has 2 heterocycles. The third-order valence-corrected chi connectivity index (χ3v) is 18.1. The molecule has 0 unspecified atom stereocenters. The molecule has 13 atom stereocenters. The van der Waals surface area contributed by atoms with Crippen molar-refractivity contribution in [2.24, 2.45) is 45.9 Å². The largest absolute Gasteiger partial charge is 0.508 e. The van der Waals surface area contributed by atoms with Gasteiger partial charge in [0.15, 0.2) is 5.96 Å². The number of rotatable bonds is 45. The van der Waals surface area contributed by atoms with Crippen LogP contribution >= 0.6 is 11.8 Å². The van der Waals surface area contributed by atoms with Gasteiger partial charge in [0.05, 0.1) is 25.4 Å². The van der Waals surface area contributed by atoms with E-state index < -0.39 is 168 Å². The Hall–Kier alpha value is -9.90. The Bertz CT molecular complexity index is 3420. The number of phenolic OH excluding ortho intramolecular Hbond substituents is 1. The van der Waals surface area contributed by atoms with Crippen molar-refractivity contribution in [2.45, 2.75) is 205 Å². The Kier molecular flexibility index (Phi) is 36.7. The average molecular weight is 1490 g/mol. The summed E-state index contributed by atoms with van der Waals surface area (Å²) >= 11 is 1.29. The molecule has 0 bridgehead atoms. The maximum atomic E-state index is 14.7. The molecule has 1 aromatic heterocycles. The Labute approximate surface area is 615 Å². The molecule has 35 heteroatoms. The maximum absolute atomic E-state index is 14.7. The zero-order valence-electron chi connectivity index (χ0n) is 61.0. The third kappa shape index (κ3) is 29.6. The van der Waals surface area contributed by atoms with Crippen molar-refractivity contribution in [1.29, 1.82) is 0 Å². The summed E-state index contributed by atoms with van der Waals surface area (Å²) in [5.41, 5.74) is 18.4. The van der Waals surface area contributed by atoms with Crippen molar-refractivity contribution in [3.8, 4) is 5.75 Å². The first-order chi connectivity index (χ1) is 49.7. The summed E-state index contributed by atoms with van der Waals surface area (Å²) in [6.07, 6.45) is 4.31. The molecular formula is C70H107N17O17S. The molecule has 4 rings (SSSR count). The number of guanidine groups is 1. The standard InChI is InChI=1S/C70H107N17O17S/c1-10-40(8)57(86-63(97)48(29-38(4)5)79-61(95)51(32-43-34-74-36-76-43)81-60(94)50(30-41-16-12-11-13-17-41)83-65(99)54-19-15-26-87(54)68(102)45(71)28-37(2)3)67(101)84-53(35-88)64(98)85-56(39(6)7)66(100)77-46(24-27-105-9)58(92)80-49(31-42-20-22-44(89)23-21-42)59(93)82-52(33-55(90)91)62(96)78-47(69(103)104)18-14-25-75-70(72)73/h11-13,16-17,20-23,34,36-40,45-54,56-57,88-89H,10,14-15,18-19,24-33,35,71H2,1-9H3,(H,74,76)(H,77,100)(H,78,96)(H,79,95)(H,80,92)(H,81,94)(H,82,93)(H,83,99)(H,84,101)(H,85,98)(H,86,97)(H,90,91)(H,103,104)(H4,72,73,75)/t40-,45-,46-,47-,48-,49-,50-,51-,52-,53-,54-,56-,57-/m0/s1. The number of carbonyl (C=O) groups excluding carboxylic acids is 11. The van der Waals surface area contributed by atoms with Gasteiger partial charge in [-0.15, -0.1) is 0 Å². The van der Waals surface area contributed by atoms with Gasteiger partial charge in [0.25, 0.3) is 0 Å². The number of aliphatic carboxylic acids is 2. The van der Waals surface area contributed by atoms with E-state index in [0.717, 1.165) is 0 Å². The number of carboxylic acids is 2. The van der Waals surface area contributed by atoms with Gasteiger partial charge in [-0.1, -0.05) is 104 Å². The van der Waals surface area contributed by atoms with Gasteiger partial charge in [-0.3, -0.25) is 62.5 Å². The number of phenols is 1. The fraction of sp³-hybridized carbons (Fsp3) is 0.586. The molecule has 1 aliphatic rings. The van der Waals surface area contributed by atoms with E-state index in [-0.39, 0.29) is 93.1 Å². The molecule has 0 radical (unpaired) electrons. The van der Waals surface area contributed by atoms with Crippen LogP contribution in [0.1, 0.15) is 130 Å². The zero-order valence-corrected chi connectivity index (χ0v) is 61.8. The van der Waals surface area contributed by atoms with E-state index >= 15 is 0 Å². The van der Waals surface area contributed by atoms with Crippen molar-refractivity contribution < 1.29 is 82.8 Å². The number of likely N-dealkylation sites (tertiary alicyclic amines) is 1. The van der Waals surface area contributed by atoms with Crippen molar-refractivity contribution >= 4 is 94.6 Å². The SMILES string of the molecule is CC[C@H](C)[C@H](NC(=O)[C@H](CC(C)C)NC(=O)[C@H](Cc1cnc[nH]1)NC(=O)[C@H](Cc1ccccc1)NC(=O)[C@@H]1CCCN1C(=O)[C@@H](N)CC(C)C)C(=O)N[C@@H](CO)C(=O)N[C@H](C(=O)N[C@@H](CCSC)C(=O)N[C@@H](Cc1ccc(O)cc1)C(=O)N[C@@H](CC(=O)O)C(=O)N[C@@H](CCCN=C(N)N)C(=O)O)C(C)C. The molecule has 11 amide bonds. The lowest BCUT2D eigenvalue weighted by Crippen LogP contribution is -2.62. The van der Waals surface area contributed by atoms with E-state index in [0.29, 0.717) is 42.6 Å². The summed E-state index contributed by atoms with van der Waals surface area (Å²) < 4.78 is 0. The number of nitrogens with two attached hydrogens (primary N) is 3. The molecule has 1 aliphatic heterocycles. The number of carbonyl (C=O) groups is 13. The van der Waals surface area contributed by atoms with Crippen LogP contribution in [0.15, 0.2) is 72.1 Å². The molecule has 105 heavy (non-hydrogen) atoms. The summed E-state index contributed by atoms with van der Waals surface area (Å²) in [7, 11) is 0. The van der Waals surface area contributed by atoms with E-state index in [2.05, 4.69) is 68.1 Å². The molecule has 21 N–H and O–H groups in total. The number of nitrogens with one attached hydrogen (secondary N) is 11. The number of imidazole rings is 1. The Morgan fingerprint density at radius 2 is 1.11 bits per heavy atom. The lowest BCUT2D eigenvalue weighted by Gasteiger charge is -2.30. The third-order valence-electron chi connectivity index (χ3n) is 17.4. The molecule has 1 saturated heterocycles. The lowest BCUT2D eigenvalue weighted by molar-refractivity contribution is -0.144. The van der Waals surface area contributed by atoms with Crippen LogP contribution in [0.2, 0.25) is 0 Å². The topological polar surface area (TPSA) is 545 Å². The van der Waals surface area contributed by atoms with Crippen LogP contribution in [0, 0.1) is 23.7 Å². The van der Waals surface area contributed by atoms with Gasteiger partial charge in [-0.25, -0.2) is 9.78 Å². The minimum absolute atomic E-state index is 0.0000257. The molecule has 580 valence electrons. The normalized spacial score (nSPS) is 16.2. The van der Waals surface area contributed by atoms with E-state index in [1.165, 1.54) is 53.5 Å². The number of benzene rings is 2. The molecule has 0 aliphatic carbocycles. The highest BCUT2D eigenvalue weighted by Gasteiger charge is 2.41. The number of carboxylic acid groups (broad SMARTS) is 2. The van der Waals surface area contributed by atoms with Gasteiger partial charge in [0.1, 0.15) is 72.2 Å². The molecule has 3 aromatic rings. The first-order valence-corrected chi connectivity index (χ1v) is 36.5. The van der Waals surface area contributed by atoms with Crippen LogP contribution in [-0.2, 0) is 81.6 Å². The molecule has 0 saturated carbocycles. The number of aliphatic hydroxyl groups excluding tert-OH is 1. The number of H-pyrrole nitrogens is 1. The van der Waals surface area contributed by atoms with Crippen LogP contribution in [0.5, 0.6) is 5.75 Å². The minimum atomic E-state index is -1.89. The number of nitrogens with zero attached hydrogens (tertiary/aromatic N) is 3. The van der Waals surface area contributed by atoms with Crippen LogP contribution in [-0.4, -0.2) is 222 Å². The average Bonchev–Trinajstić information content (AvgIpc) is 1.80. The Balaban J connectivity index is 1.55. The van der Waals surface area contributed by atoms with E-state index in [9.17, 15) is 82.8 Å². The van der Waals surface area contributed by atoms with Crippen molar-refractivity contribution in [3.05, 3.63) is 83.9 Å². The van der Waals surface area contributed by atoms with Crippen molar-refractivity contribution in [3.63, 3.8) is 0 Å². The zero-order chi connectivity index (χ0) is 78.2. The molecule has 34 nitrogen and oxygen atoms in total. The summed E-state index contributed by atoms with van der Waals surface area (Å²) in [6.45, 7) is 13.2. The van der Waals surface area contributed by atoms with Crippen LogP contribution < -0.4 is 70.4 Å². The molecule has 1 fully saturated rings. The highest BCUT2D eigenvalue weighted by atomic mass is 32.2. The fourth-order valence-corrected chi connectivity index (χ4v) is 12.0. The number of aliphatic imine (C=N–C) groups is 1. The Morgan fingerprint density at radius 1 is 0.610 bits per heavy atom. The molecular weight excluding hydrogens is 1380 g/mol. The van der Waals surface area contributed by atoms with Gasteiger partial charge in [0, 0.05) is 44.2 Å². The minimum Gasteiger partial charge on any atom is -0.508 e. The number of aromatic amines is 1. The van der Waals surface area contributed by atoms with Crippen LogP contribution in [0.4, 0.5) is 0 Å². The number of aliphatic hydroxyl groups is 1. The summed E-state index contributed by atoms with van der Waals surface area (Å²) in [5, 5.41) is 66.2. The van der Waals surface area contributed by atoms with Gasteiger partial charge >= 0.3 is 11.9 Å². The predicted octanol–water partition coefficient (Wildman–Crippen LogP) is -1.54. The summed E-state index contributed by atoms with van der Waals surface area (Å²) in [5.74, 6) is -14.3. The van der Waals surface area contributed by atoms with Crippen LogP contribution in [0.3, 0.4) is 0 Å². The second-order valence-electron chi connectivity index (χ2n) is 27.3. The molecule has 0 spiro atoms. The first kappa shape index (κ1) is 87.5. The number of hydrogen-bond acceptors (Lipinski definition) is 19. The van der Waals surface area contributed by atoms with Crippen LogP contribution in [0.25, 0.3) is 0 Å². The van der Waals surface area contributed by atoms with Gasteiger partial charge in [0.2, 0.25) is 65.0 Å². The maximum Gasteiger partial charge on any atom is 0.326 e. The van der Waals surface area contributed by atoms with E-state index in [1.54, 1.807) is 78.1 Å². The highest BCUT2D eigenvalue weighted by Crippen LogP contribution is 2.22. The van der Waals surface area contributed by atoms with Gasteiger partial charge < -0.3 is 101 Å². The quantitative estimate of drug-likeness (QED) is 0.0173. The second-order valence-corrected chi connectivity index (χ2v) is 28.3. The lowest BCUT2D eigenvalue weighted by atomic mass is 9.96. The number of thioether (sulfide) groups is 1. The van der Waals surface area contributed by atoms with Gasteiger partial charge in [-0.2, -0.15) is 11.8 Å². The first-order valence-electron chi connectivity index (χ1n) is 35.1. The van der Waals surface area contributed by atoms with Crippen molar-refractivity contribution in [1.82, 2.24) is 68.0 Å². The number of hydrogen-bond donors (Lipinski definition) is 18. The van der Waals surface area contributed by atoms with E-state index in [4.69, 9.17) is 17.2 Å². The van der Waals surface area contributed by atoms with Gasteiger partial charge in [-0.05, 0) is 104 Å². The number of aromatic nitrogens is 2. The number of aromatic hydroxyl groups is 1. The molecule has 2 aromatic carbocycles. The Morgan fingerprint density at radius 3 is 1.66 bits per heavy atom.